The lowest BCUT2D eigenvalue weighted by molar-refractivity contribution is 0.311. The number of nitrogens with zero attached hydrogens (tertiary/aromatic N) is 5. The number of thiophene rings is 1. The third kappa shape index (κ3) is 3.60. The van der Waals surface area contributed by atoms with Gasteiger partial charge in [0.2, 0.25) is 5.95 Å². The second-order valence-corrected chi connectivity index (χ2v) is 7.95. The summed E-state index contributed by atoms with van der Waals surface area (Å²) in [4.78, 5) is 19.6. The number of halogens is 1. The zero-order valence-corrected chi connectivity index (χ0v) is 16.4. The predicted octanol–water partition coefficient (Wildman–Crippen LogP) is 3.41. The maximum Gasteiger partial charge on any atom is 0.228 e. The van der Waals surface area contributed by atoms with Crippen LogP contribution < -0.4 is 10.2 Å². The van der Waals surface area contributed by atoms with Crippen LogP contribution in [0.5, 0.6) is 0 Å². The molecule has 1 N–H and O–H groups in total. The van der Waals surface area contributed by atoms with Crippen molar-refractivity contribution in [2.24, 2.45) is 0 Å². The molecule has 0 radical (unpaired) electrons. The average Bonchev–Trinajstić information content (AvgIpc) is 3.05. The monoisotopic (exact) mass is 388 g/mol. The smallest absolute Gasteiger partial charge is 0.228 e. The van der Waals surface area contributed by atoms with Gasteiger partial charge in [-0.1, -0.05) is 11.6 Å². The number of aromatic nitrogens is 3. The first kappa shape index (κ1) is 17.5. The number of nitrogens with one attached hydrogen (secondary N) is 1. The third-order valence-electron chi connectivity index (χ3n) is 4.71. The molecule has 1 fully saturated rings. The Balaban J connectivity index is 1.68. The maximum atomic E-state index is 6.11. The lowest BCUT2D eigenvalue weighted by Crippen LogP contribution is -2.45. The summed E-state index contributed by atoms with van der Waals surface area (Å²) in [5, 5.41) is 6.94. The Morgan fingerprint density at radius 1 is 1.23 bits per heavy atom. The minimum absolute atomic E-state index is 0.448. The van der Waals surface area contributed by atoms with Gasteiger partial charge in [-0.3, -0.25) is 0 Å². The van der Waals surface area contributed by atoms with E-state index >= 15 is 0 Å². The van der Waals surface area contributed by atoms with Crippen molar-refractivity contribution in [1.29, 1.82) is 0 Å². The molecule has 3 aromatic heterocycles. The number of piperazine rings is 1. The molecule has 1 aliphatic rings. The first-order valence-corrected chi connectivity index (χ1v) is 9.89. The SMILES string of the molecule is Cc1ccsc1CNc1nc(N2CCN(C)CC2)nc2cnc(Cl)cc12. The number of likely N-dealkylation sites (N-methyl/N-ethyl adjacent to an activating group) is 1. The summed E-state index contributed by atoms with van der Waals surface area (Å²) in [5.41, 5.74) is 2.10. The predicted molar refractivity (Wildman–Crippen MR) is 108 cm³/mol. The molecule has 0 atom stereocenters. The van der Waals surface area contributed by atoms with E-state index in [0.29, 0.717) is 5.15 Å². The summed E-state index contributed by atoms with van der Waals surface area (Å²) < 4.78 is 0. The van der Waals surface area contributed by atoms with Crippen molar-refractivity contribution in [2.75, 3.05) is 43.4 Å². The maximum absolute atomic E-state index is 6.11. The largest absolute Gasteiger partial charge is 0.364 e. The zero-order valence-electron chi connectivity index (χ0n) is 14.9. The van der Waals surface area contributed by atoms with Crippen LogP contribution in [0.25, 0.3) is 10.9 Å². The Labute approximate surface area is 161 Å². The standard InChI is InChI=1S/C18H21ClN6S/c1-12-3-8-26-15(12)11-21-17-13-9-16(19)20-10-14(13)22-18(23-17)25-6-4-24(2)5-7-25/h3,8-10H,4-7,11H2,1-2H3,(H,21,22,23). The molecule has 3 aromatic rings. The fourth-order valence-electron chi connectivity index (χ4n) is 3.03. The Bertz CT molecular complexity index is 919. The van der Waals surface area contributed by atoms with Crippen LogP contribution in [-0.4, -0.2) is 53.1 Å². The number of hydrogen-bond acceptors (Lipinski definition) is 7. The number of anilines is 2. The van der Waals surface area contributed by atoms with Crippen molar-refractivity contribution in [1.82, 2.24) is 19.9 Å². The summed E-state index contributed by atoms with van der Waals surface area (Å²) in [5.74, 6) is 1.56. The van der Waals surface area contributed by atoms with Crippen molar-refractivity contribution < 1.29 is 0 Å². The van der Waals surface area contributed by atoms with Gasteiger partial charge in [0.15, 0.2) is 0 Å². The molecule has 0 bridgehead atoms. The van der Waals surface area contributed by atoms with Crippen molar-refractivity contribution >= 4 is 45.6 Å². The van der Waals surface area contributed by atoms with Gasteiger partial charge in [-0.2, -0.15) is 4.98 Å². The van der Waals surface area contributed by atoms with Gasteiger partial charge < -0.3 is 15.1 Å². The van der Waals surface area contributed by atoms with E-state index in [4.69, 9.17) is 21.6 Å². The summed E-state index contributed by atoms with van der Waals surface area (Å²) in [6, 6.07) is 3.96. The topological polar surface area (TPSA) is 57.2 Å². The quantitative estimate of drug-likeness (QED) is 0.691. The van der Waals surface area contributed by atoms with Crippen molar-refractivity contribution in [3.05, 3.63) is 39.3 Å². The van der Waals surface area contributed by atoms with Gasteiger partial charge in [0.25, 0.3) is 0 Å². The zero-order chi connectivity index (χ0) is 18.1. The molecule has 4 heterocycles. The van der Waals surface area contributed by atoms with Crippen LogP contribution in [0, 0.1) is 6.92 Å². The Hall–Kier alpha value is -1.96. The van der Waals surface area contributed by atoms with E-state index in [9.17, 15) is 0 Å². The van der Waals surface area contributed by atoms with Crippen molar-refractivity contribution in [2.45, 2.75) is 13.5 Å². The molecule has 0 amide bonds. The summed E-state index contributed by atoms with van der Waals surface area (Å²) in [6.45, 7) is 6.73. The fourth-order valence-corrected chi connectivity index (χ4v) is 4.03. The molecule has 0 spiro atoms. The molecule has 8 heteroatoms. The van der Waals surface area contributed by atoms with Crippen molar-refractivity contribution in [3.63, 3.8) is 0 Å². The summed E-state index contributed by atoms with van der Waals surface area (Å²) in [6.07, 6.45) is 1.72. The third-order valence-corrected chi connectivity index (χ3v) is 5.94. The van der Waals surface area contributed by atoms with Gasteiger partial charge in [0.05, 0.1) is 18.3 Å². The van der Waals surface area contributed by atoms with E-state index in [1.165, 1.54) is 10.4 Å². The van der Waals surface area contributed by atoms with E-state index in [1.54, 1.807) is 17.5 Å². The number of rotatable bonds is 4. The van der Waals surface area contributed by atoms with Crippen LogP contribution in [0.2, 0.25) is 5.15 Å². The van der Waals surface area contributed by atoms with Gasteiger partial charge in [-0.15, -0.1) is 11.3 Å². The Kier molecular flexibility index (Phi) is 4.93. The van der Waals surface area contributed by atoms with Crippen LogP contribution in [0.3, 0.4) is 0 Å². The molecule has 26 heavy (non-hydrogen) atoms. The van der Waals surface area contributed by atoms with E-state index in [1.807, 2.05) is 6.07 Å². The van der Waals surface area contributed by atoms with Crippen molar-refractivity contribution in [3.8, 4) is 0 Å². The molecule has 6 nitrogen and oxygen atoms in total. The highest BCUT2D eigenvalue weighted by atomic mass is 35.5. The highest BCUT2D eigenvalue weighted by Gasteiger charge is 2.19. The average molecular weight is 389 g/mol. The lowest BCUT2D eigenvalue weighted by Gasteiger charge is -2.32. The van der Waals surface area contributed by atoms with Crippen LogP contribution >= 0.6 is 22.9 Å². The van der Waals surface area contributed by atoms with Crippen LogP contribution in [0.1, 0.15) is 10.4 Å². The first-order chi connectivity index (χ1) is 12.6. The summed E-state index contributed by atoms with van der Waals surface area (Å²) in [7, 11) is 2.14. The van der Waals surface area contributed by atoms with Crippen LogP contribution in [-0.2, 0) is 6.54 Å². The minimum Gasteiger partial charge on any atom is -0.364 e. The summed E-state index contributed by atoms with van der Waals surface area (Å²) >= 11 is 7.86. The van der Waals surface area contributed by atoms with Gasteiger partial charge in [0, 0.05) is 36.4 Å². The molecule has 1 saturated heterocycles. The van der Waals surface area contributed by atoms with Gasteiger partial charge >= 0.3 is 0 Å². The minimum atomic E-state index is 0.448. The van der Waals surface area contributed by atoms with E-state index in [0.717, 1.165) is 55.4 Å². The van der Waals surface area contributed by atoms with E-state index in [2.05, 4.69) is 45.5 Å². The fraction of sp³-hybridized carbons (Fsp3) is 0.389. The van der Waals surface area contributed by atoms with Gasteiger partial charge in [0.1, 0.15) is 11.0 Å². The van der Waals surface area contributed by atoms with Crippen LogP contribution in [0.15, 0.2) is 23.7 Å². The van der Waals surface area contributed by atoms with Gasteiger partial charge in [-0.25, -0.2) is 9.97 Å². The number of pyridine rings is 1. The molecule has 0 saturated carbocycles. The molecule has 1 aliphatic heterocycles. The molecule has 0 aliphatic carbocycles. The number of hydrogen-bond donors (Lipinski definition) is 1. The highest BCUT2D eigenvalue weighted by Crippen LogP contribution is 2.27. The van der Waals surface area contributed by atoms with E-state index < -0.39 is 0 Å². The van der Waals surface area contributed by atoms with Gasteiger partial charge in [-0.05, 0) is 37.0 Å². The second-order valence-electron chi connectivity index (χ2n) is 6.57. The molecule has 4 rings (SSSR count). The highest BCUT2D eigenvalue weighted by molar-refractivity contribution is 7.10. The van der Waals surface area contributed by atoms with E-state index in [-0.39, 0.29) is 0 Å². The second kappa shape index (κ2) is 7.34. The molecule has 136 valence electrons. The molecular formula is C18H21ClN6S. The molecular weight excluding hydrogens is 368 g/mol. The number of fused-ring (bicyclic) bond motifs is 1. The molecule has 0 unspecified atom stereocenters. The Morgan fingerprint density at radius 3 is 2.77 bits per heavy atom. The lowest BCUT2D eigenvalue weighted by atomic mass is 10.2. The molecule has 0 aromatic carbocycles. The number of aryl methyl sites for hydroxylation is 1. The Morgan fingerprint density at radius 2 is 2.04 bits per heavy atom. The van der Waals surface area contributed by atoms with Crippen LogP contribution in [0.4, 0.5) is 11.8 Å². The first-order valence-electron chi connectivity index (χ1n) is 8.64. The normalized spacial score (nSPS) is 15.6.